The first kappa shape index (κ1) is 16.1. The van der Waals surface area contributed by atoms with E-state index in [4.69, 9.17) is 4.52 Å². The molecule has 25 heavy (non-hydrogen) atoms. The number of hydrogen-bond donors (Lipinski definition) is 0. The molecule has 0 atom stereocenters. The highest BCUT2D eigenvalue weighted by Gasteiger charge is 2.14. The number of thiophene rings is 1. The monoisotopic (exact) mass is 369 g/mol. The van der Waals surface area contributed by atoms with E-state index in [0.717, 1.165) is 26.7 Å². The summed E-state index contributed by atoms with van der Waals surface area (Å²) >= 11 is 3.02. The lowest BCUT2D eigenvalue weighted by Crippen LogP contribution is -2.19. The van der Waals surface area contributed by atoms with Crippen molar-refractivity contribution in [3.63, 3.8) is 0 Å². The largest absolute Gasteiger partial charge is 0.361 e. The van der Waals surface area contributed by atoms with Gasteiger partial charge in [0.2, 0.25) is 0 Å². The zero-order valence-corrected chi connectivity index (χ0v) is 15.4. The Balaban J connectivity index is 1.71. The second kappa shape index (κ2) is 6.50. The smallest absolute Gasteiger partial charge is 0.262 e. The van der Waals surface area contributed by atoms with Crippen molar-refractivity contribution in [3.05, 3.63) is 64.3 Å². The summed E-state index contributed by atoms with van der Waals surface area (Å²) in [6, 6.07) is 13.9. The van der Waals surface area contributed by atoms with E-state index in [1.165, 1.54) is 11.8 Å². The topological polar surface area (TPSA) is 60.9 Å². The van der Waals surface area contributed by atoms with Crippen LogP contribution in [0.15, 0.2) is 56.9 Å². The quantitative estimate of drug-likeness (QED) is 0.397. The molecule has 0 bridgehead atoms. The van der Waals surface area contributed by atoms with Gasteiger partial charge >= 0.3 is 0 Å². The van der Waals surface area contributed by atoms with E-state index in [1.807, 2.05) is 49.4 Å². The molecule has 0 saturated carbocycles. The van der Waals surface area contributed by atoms with Crippen LogP contribution in [-0.2, 0) is 12.8 Å². The van der Waals surface area contributed by atoms with Gasteiger partial charge in [-0.25, -0.2) is 4.98 Å². The maximum absolute atomic E-state index is 12.7. The molecule has 0 aliphatic carbocycles. The molecular weight excluding hydrogens is 354 g/mol. The number of benzene rings is 1. The van der Waals surface area contributed by atoms with E-state index in [-0.39, 0.29) is 5.56 Å². The predicted molar refractivity (Wildman–Crippen MR) is 101 cm³/mol. The van der Waals surface area contributed by atoms with E-state index >= 15 is 0 Å². The average Bonchev–Trinajstić information content (AvgIpc) is 3.24. The molecule has 5 nitrogen and oxygen atoms in total. The lowest BCUT2D eigenvalue weighted by molar-refractivity contribution is 0.393. The van der Waals surface area contributed by atoms with Gasteiger partial charge in [-0.1, -0.05) is 47.3 Å². The highest BCUT2D eigenvalue weighted by molar-refractivity contribution is 7.98. The Morgan fingerprint density at radius 2 is 2.04 bits per heavy atom. The Bertz CT molecular complexity index is 1100. The van der Waals surface area contributed by atoms with Crippen molar-refractivity contribution in [2.24, 2.45) is 7.05 Å². The van der Waals surface area contributed by atoms with Crippen molar-refractivity contribution >= 4 is 33.3 Å². The van der Waals surface area contributed by atoms with Gasteiger partial charge in [0.05, 0.1) is 11.1 Å². The van der Waals surface area contributed by atoms with Crippen molar-refractivity contribution in [3.8, 4) is 10.4 Å². The molecular formula is C18H15N3O2S2. The summed E-state index contributed by atoms with van der Waals surface area (Å²) in [7, 11) is 1.75. The maximum atomic E-state index is 12.7. The first-order valence-corrected chi connectivity index (χ1v) is 9.53. The number of fused-ring (bicyclic) bond motifs is 1. The fourth-order valence-corrected chi connectivity index (χ4v) is 4.48. The third-order valence-electron chi connectivity index (χ3n) is 3.82. The van der Waals surface area contributed by atoms with Crippen LogP contribution in [0.1, 0.15) is 11.5 Å². The minimum atomic E-state index is -0.0257. The fourth-order valence-electron chi connectivity index (χ4n) is 2.55. The lowest BCUT2D eigenvalue weighted by atomic mass is 10.2. The summed E-state index contributed by atoms with van der Waals surface area (Å²) in [6.07, 6.45) is 0. The number of aromatic nitrogens is 3. The first-order valence-electron chi connectivity index (χ1n) is 7.73. The Morgan fingerprint density at radius 1 is 1.24 bits per heavy atom. The van der Waals surface area contributed by atoms with Gasteiger partial charge in [0.25, 0.3) is 5.56 Å². The third-order valence-corrected chi connectivity index (χ3v) is 5.96. The second-order valence-electron chi connectivity index (χ2n) is 5.67. The predicted octanol–water partition coefficient (Wildman–Crippen LogP) is 4.25. The molecule has 0 fully saturated rings. The molecule has 0 spiro atoms. The van der Waals surface area contributed by atoms with E-state index in [9.17, 15) is 4.79 Å². The SMILES string of the molecule is Cc1cc(CSc2nc3sc(-c4ccccc4)cc3c(=O)n2C)no1. The van der Waals surface area contributed by atoms with Crippen LogP contribution < -0.4 is 5.56 Å². The van der Waals surface area contributed by atoms with Gasteiger partial charge in [-0.3, -0.25) is 9.36 Å². The Morgan fingerprint density at radius 3 is 2.76 bits per heavy atom. The van der Waals surface area contributed by atoms with Crippen molar-refractivity contribution < 1.29 is 4.52 Å². The van der Waals surface area contributed by atoms with Crippen LogP contribution >= 0.6 is 23.1 Å². The summed E-state index contributed by atoms with van der Waals surface area (Å²) in [5, 5.41) is 5.32. The molecule has 0 saturated heterocycles. The van der Waals surface area contributed by atoms with E-state index < -0.39 is 0 Å². The number of thioether (sulfide) groups is 1. The fraction of sp³-hybridized carbons (Fsp3) is 0.167. The maximum Gasteiger partial charge on any atom is 0.262 e. The Labute approximate surface area is 152 Å². The van der Waals surface area contributed by atoms with E-state index in [0.29, 0.717) is 16.3 Å². The van der Waals surface area contributed by atoms with Gasteiger partial charge in [-0.15, -0.1) is 11.3 Å². The molecule has 1 aromatic carbocycles. The highest BCUT2D eigenvalue weighted by Crippen LogP contribution is 2.32. The molecule has 3 heterocycles. The Kier molecular flexibility index (Phi) is 4.19. The van der Waals surface area contributed by atoms with Gasteiger partial charge in [-0.2, -0.15) is 0 Å². The van der Waals surface area contributed by atoms with E-state index in [1.54, 1.807) is 23.0 Å². The normalized spacial score (nSPS) is 11.3. The van der Waals surface area contributed by atoms with Crippen LogP contribution in [0, 0.1) is 6.92 Å². The summed E-state index contributed by atoms with van der Waals surface area (Å²) < 4.78 is 6.68. The number of rotatable bonds is 4. The van der Waals surface area contributed by atoms with Crippen LogP contribution in [0.5, 0.6) is 0 Å². The summed E-state index contributed by atoms with van der Waals surface area (Å²) in [5.41, 5.74) is 1.91. The standard InChI is InChI=1S/C18H15N3O2S2/c1-11-8-13(20-23-11)10-24-18-19-16-14(17(22)21(18)2)9-15(25-16)12-6-4-3-5-7-12/h3-9H,10H2,1-2H3. The minimum Gasteiger partial charge on any atom is -0.361 e. The van der Waals surface area contributed by atoms with Gasteiger partial charge in [0.15, 0.2) is 5.16 Å². The van der Waals surface area contributed by atoms with Crippen molar-refractivity contribution in [1.82, 2.24) is 14.7 Å². The van der Waals surface area contributed by atoms with Crippen LogP contribution in [0.3, 0.4) is 0 Å². The summed E-state index contributed by atoms with van der Waals surface area (Å²) in [6.45, 7) is 1.86. The highest BCUT2D eigenvalue weighted by atomic mass is 32.2. The average molecular weight is 369 g/mol. The second-order valence-corrected chi connectivity index (χ2v) is 7.64. The zero-order chi connectivity index (χ0) is 17.4. The lowest BCUT2D eigenvalue weighted by Gasteiger charge is -2.05. The molecule has 7 heteroatoms. The van der Waals surface area contributed by atoms with Crippen molar-refractivity contribution in [2.75, 3.05) is 0 Å². The molecule has 0 aliphatic rings. The third kappa shape index (κ3) is 3.12. The van der Waals surface area contributed by atoms with Crippen LogP contribution in [0.4, 0.5) is 0 Å². The molecule has 4 rings (SSSR count). The van der Waals surface area contributed by atoms with Crippen LogP contribution in [-0.4, -0.2) is 14.7 Å². The van der Waals surface area contributed by atoms with Gasteiger partial charge in [0.1, 0.15) is 10.6 Å². The molecule has 0 aliphatic heterocycles. The van der Waals surface area contributed by atoms with E-state index in [2.05, 4.69) is 10.1 Å². The summed E-state index contributed by atoms with van der Waals surface area (Å²) in [4.78, 5) is 19.2. The van der Waals surface area contributed by atoms with Crippen molar-refractivity contribution in [1.29, 1.82) is 0 Å². The number of aryl methyl sites for hydroxylation is 1. The molecule has 0 radical (unpaired) electrons. The van der Waals surface area contributed by atoms with Crippen LogP contribution in [0.2, 0.25) is 0 Å². The molecule has 126 valence electrons. The molecule has 0 unspecified atom stereocenters. The number of nitrogens with zero attached hydrogens (tertiary/aromatic N) is 3. The van der Waals surface area contributed by atoms with Crippen LogP contribution in [0.25, 0.3) is 20.7 Å². The van der Waals surface area contributed by atoms with Gasteiger partial charge < -0.3 is 4.52 Å². The van der Waals surface area contributed by atoms with Gasteiger partial charge in [0, 0.05) is 23.7 Å². The van der Waals surface area contributed by atoms with Gasteiger partial charge in [-0.05, 0) is 18.6 Å². The van der Waals surface area contributed by atoms with Crippen molar-refractivity contribution in [2.45, 2.75) is 17.8 Å². The minimum absolute atomic E-state index is 0.0257. The zero-order valence-electron chi connectivity index (χ0n) is 13.7. The molecule has 3 aromatic heterocycles. The molecule has 4 aromatic rings. The molecule has 0 amide bonds. The molecule has 0 N–H and O–H groups in total. The first-order chi connectivity index (χ1) is 12.1. The number of hydrogen-bond acceptors (Lipinski definition) is 6. The summed E-state index contributed by atoms with van der Waals surface area (Å²) in [5.74, 6) is 1.39. The Hall–Kier alpha value is -2.38.